The molecule has 2 aromatic rings. The van der Waals surface area contributed by atoms with Crippen LogP contribution in [0.15, 0.2) is 34.4 Å². The van der Waals surface area contributed by atoms with Gasteiger partial charge in [-0.1, -0.05) is 41.3 Å². The predicted molar refractivity (Wildman–Crippen MR) is 63.8 cm³/mol. The standard InChI is InChI=1S/C11H10ClNOS/c12-10-4-2-1-3-8(10)5-6-9-7-15-13-11(9)14/h1-4,7H,5-6H2,(H,13,14). The molecule has 2 rings (SSSR count). The average molecular weight is 240 g/mol. The van der Waals surface area contributed by atoms with Gasteiger partial charge in [-0.3, -0.25) is 9.17 Å². The van der Waals surface area contributed by atoms with Gasteiger partial charge < -0.3 is 0 Å². The van der Waals surface area contributed by atoms with E-state index in [1.807, 2.05) is 29.6 Å². The first-order chi connectivity index (χ1) is 7.27. The lowest BCUT2D eigenvalue weighted by atomic mass is 10.1. The van der Waals surface area contributed by atoms with Crippen molar-refractivity contribution in [3.8, 4) is 0 Å². The Labute approximate surface area is 96.7 Å². The van der Waals surface area contributed by atoms with E-state index in [9.17, 15) is 4.79 Å². The topological polar surface area (TPSA) is 32.9 Å². The van der Waals surface area contributed by atoms with Gasteiger partial charge in [-0.2, -0.15) is 0 Å². The molecule has 4 heteroatoms. The molecule has 0 saturated carbocycles. The van der Waals surface area contributed by atoms with Gasteiger partial charge in [0.1, 0.15) is 0 Å². The second-order valence-corrected chi connectivity index (χ2v) is 4.37. The third-order valence-electron chi connectivity index (χ3n) is 2.27. The van der Waals surface area contributed by atoms with Gasteiger partial charge in [0.15, 0.2) is 0 Å². The number of aromatic amines is 1. The van der Waals surface area contributed by atoms with Crippen LogP contribution in [0.25, 0.3) is 0 Å². The Kier molecular flexibility index (Phi) is 3.23. The number of hydrogen-bond acceptors (Lipinski definition) is 2. The summed E-state index contributed by atoms with van der Waals surface area (Å²) in [5.41, 5.74) is 1.94. The first-order valence-corrected chi connectivity index (χ1v) is 5.91. The third kappa shape index (κ3) is 2.49. The maximum atomic E-state index is 11.2. The van der Waals surface area contributed by atoms with Crippen LogP contribution in [-0.2, 0) is 12.8 Å². The van der Waals surface area contributed by atoms with Crippen LogP contribution < -0.4 is 5.56 Å². The quantitative estimate of drug-likeness (QED) is 0.878. The molecule has 0 fully saturated rings. The Bertz CT molecular complexity index is 503. The lowest BCUT2D eigenvalue weighted by Crippen LogP contribution is -2.06. The van der Waals surface area contributed by atoms with Crippen LogP contribution in [0.4, 0.5) is 0 Å². The largest absolute Gasteiger partial charge is 0.278 e. The molecule has 0 unspecified atom stereocenters. The zero-order chi connectivity index (χ0) is 10.7. The molecular weight excluding hydrogens is 230 g/mol. The smallest absolute Gasteiger partial charge is 0.261 e. The summed E-state index contributed by atoms with van der Waals surface area (Å²) in [5, 5.41) is 2.63. The highest BCUT2D eigenvalue weighted by Gasteiger charge is 2.03. The summed E-state index contributed by atoms with van der Waals surface area (Å²) in [5.74, 6) is 0. The molecule has 1 N–H and O–H groups in total. The van der Waals surface area contributed by atoms with Crippen molar-refractivity contribution in [2.75, 3.05) is 0 Å². The number of hydrogen-bond donors (Lipinski definition) is 1. The molecule has 1 heterocycles. The minimum Gasteiger partial charge on any atom is -0.278 e. The van der Waals surface area contributed by atoms with Crippen molar-refractivity contribution in [2.45, 2.75) is 12.8 Å². The molecule has 0 spiro atoms. The van der Waals surface area contributed by atoms with Crippen molar-refractivity contribution in [1.82, 2.24) is 4.37 Å². The zero-order valence-corrected chi connectivity index (χ0v) is 9.57. The molecule has 0 bridgehead atoms. The monoisotopic (exact) mass is 239 g/mol. The highest BCUT2D eigenvalue weighted by Crippen LogP contribution is 2.16. The van der Waals surface area contributed by atoms with Crippen molar-refractivity contribution in [3.63, 3.8) is 0 Å². The van der Waals surface area contributed by atoms with E-state index in [1.165, 1.54) is 11.5 Å². The van der Waals surface area contributed by atoms with E-state index in [-0.39, 0.29) is 5.56 Å². The number of halogens is 1. The Morgan fingerprint density at radius 2 is 1.93 bits per heavy atom. The van der Waals surface area contributed by atoms with Crippen LogP contribution >= 0.6 is 23.1 Å². The molecular formula is C11H10ClNOS. The van der Waals surface area contributed by atoms with Gasteiger partial charge in [-0.15, -0.1) is 0 Å². The van der Waals surface area contributed by atoms with Crippen LogP contribution in [0.3, 0.4) is 0 Å². The third-order valence-corrected chi connectivity index (χ3v) is 3.34. The van der Waals surface area contributed by atoms with Crippen molar-refractivity contribution in [2.24, 2.45) is 0 Å². The fourth-order valence-corrected chi connectivity index (χ4v) is 2.31. The molecule has 1 aromatic carbocycles. The van der Waals surface area contributed by atoms with E-state index >= 15 is 0 Å². The van der Waals surface area contributed by atoms with Crippen LogP contribution in [0.5, 0.6) is 0 Å². The average Bonchev–Trinajstić information content (AvgIpc) is 2.63. The number of aryl methyl sites for hydroxylation is 2. The van der Waals surface area contributed by atoms with E-state index in [0.717, 1.165) is 29.0 Å². The molecule has 0 amide bonds. The number of benzene rings is 1. The van der Waals surface area contributed by atoms with Crippen LogP contribution in [0.1, 0.15) is 11.1 Å². The summed E-state index contributed by atoms with van der Waals surface area (Å²) in [6.07, 6.45) is 1.54. The summed E-state index contributed by atoms with van der Waals surface area (Å²) in [6, 6.07) is 7.72. The predicted octanol–water partition coefficient (Wildman–Crippen LogP) is 2.88. The van der Waals surface area contributed by atoms with E-state index in [0.29, 0.717) is 0 Å². The highest BCUT2D eigenvalue weighted by molar-refractivity contribution is 7.03. The molecule has 0 radical (unpaired) electrons. The van der Waals surface area contributed by atoms with Gasteiger partial charge in [-0.25, -0.2) is 0 Å². The maximum absolute atomic E-state index is 11.2. The first-order valence-electron chi connectivity index (χ1n) is 4.66. The van der Waals surface area contributed by atoms with E-state index in [4.69, 9.17) is 11.6 Å². The van der Waals surface area contributed by atoms with Gasteiger partial charge in [0.2, 0.25) is 0 Å². The summed E-state index contributed by atoms with van der Waals surface area (Å²) < 4.78 is 2.67. The summed E-state index contributed by atoms with van der Waals surface area (Å²) >= 11 is 7.36. The number of aromatic nitrogens is 1. The minimum absolute atomic E-state index is 0.0204. The summed E-state index contributed by atoms with van der Waals surface area (Å²) in [4.78, 5) is 11.2. The number of nitrogens with one attached hydrogen (secondary N) is 1. The molecule has 0 atom stereocenters. The molecule has 15 heavy (non-hydrogen) atoms. The van der Waals surface area contributed by atoms with Crippen molar-refractivity contribution in [1.29, 1.82) is 0 Å². The second-order valence-electron chi connectivity index (χ2n) is 3.28. The number of rotatable bonds is 3. The summed E-state index contributed by atoms with van der Waals surface area (Å²) in [6.45, 7) is 0. The highest BCUT2D eigenvalue weighted by atomic mass is 35.5. The lowest BCUT2D eigenvalue weighted by molar-refractivity contribution is 0.951. The van der Waals surface area contributed by atoms with Gasteiger partial charge in [-0.05, 0) is 24.5 Å². The maximum Gasteiger partial charge on any atom is 0.261 e. The molecule has 1 aromatic heterocycles. The van der Waals surface area contributed by atoms with Crippen LogP contribution in [0, 0.1) is 0 Å². The van der Waals surface area contributed by atoms with Crippen LogP contribution in [-0.4, -0.2) is 4.37 Å². The normalized spacial score (nSPS) is 10.5. The fraction of sp³-hybridized carbons (Fsp3) is 0.182. The van der Waals surface area contributed by atoms with E-state index in [1.54, 1.807) is 0 Å². The van der Waals surface area contributed by atoms with Crippen molar-refractivity contribution < 1.29 is 0 Å². The second kappa shape index (κ2) is 4.64. The molecule has 78 valence electrons. The van der Waals surface area contributed by atoms with E-state index < -0.39 is 0 Å². The Morgan fingerprint density at radius 3 is 2.60 bits per heavy atom. The van der Waals surface area contributed by atoms with Crippen molar-refractivity contribution in [3.05, 3.63) is 56.1 Å². The Morgan fingerprint density at radius 1 is 1.20 bits per heavy atom. The van der Waals surface area contributed by atoms with E-state index in [2.05, 4.69) is 4.37 Å². The fourth-order valence-electron chi connectivity index (χ4n) is 1.42. The Hall–Kier alpha value is -1.06. The molecule has 2 nitrogen and oxygen atoms in total. The molecule has 0 aliphatic rings. The minimum atomic E-state index is 0.0204. The zero-order valence-electron chi connectivity index (χ0n) is 8.00. The summed E-state index contributed by atoms with van der Waals surface area (Å²) in [7, 11) is 0. The van der Waals surface area contributed by atoms with Gasteiger partial charge in [0.05, 0.1) is 0 Å². The van der Waals surface area contributed by atoms with Gasteiger partial charge in [0, 0.05) is 16.0 Å². The number of H-pyrrole nitrogens is 1. The SMILES string of the molecule is O=c1[nH]scc1CCc1ccccc1Cl. The molecule has 0 saturated heterocycles. The lowest BCUT2D eigenvalue weighted by Gasteiger charge is -2.01. The van der Waals surface area contributed by atoms with Gasteiger partial charge in [0.25, 0.3) is 5.56 Å². The van der Waals surface area contributed by atoms with Crippen molar-refractivity contribution >= 4 is 23.1 Å². The first kappa shape index (κ1) is 10.5. The Balaban J connectivity index is 2.09. The molecule has 0 aliphatic heterocycles. The molecule has 0 aliphatic carbocycles. The van der Waals surface area contributed by atoms with Crippen LogP contribution in [0.2, 0.25) is 5.02 Å². The van der Waals surface area contributed by atoms with Gasteiger partial charge >= 0.3 is 0 Å².